The number of nitrogens with zero attached hydrogens (tertiary/aromatic N) is 1. The van der Waals surface area contributed by atoms with E-state index in [9.17, 15) is 4.79 Å². The molecule has 0 aliphatic heterocycles. The van der Waals surface area contributed by atoms with Crippen molar-refractivity contribution in [3.63, 3.8) is 0 Å². The quantitative estimate of drug-likeness (QED) is 0.528. The Morgan fingerprint density at radius 1 is 1.20 bits per heavy atom. The van der Waals surface area contributed by atoms with E-state index in [-0.39, 0.29) is 32.2 Å². The maximum atomic E-state index is 12.0. The highest BCUT2D eigenvalue weighted by Crippen LogP contribution is 2.14. The molecule has 1 amide bonds. The SMILES string of the molecule is CCC(N)(CC)C(=O)N(CCO)CCO. The monoisotopic (exact) mass is 218 g/mol. The molecule has 0 aromatic heterocycles. The maximum Gasteiger partial charge on any atom is 0.242 e. The van der Waals surface area contributed by atoms with Gasteiger partial charge in [-0.2, -0.15) is 0 Å². The summed E-state index contributed by atoms with van der Waals surface area (Å²) in [5.41, 5.74) is 5.08. The van der Waals surface area contributed by atoms with E-state index in [1.54, 1.807) is 0 Å². The normalized spacial score (nSPS) is 11.5. The molecule has 0 aromatic carbocycles. The summed E-state index contributed by atoms with van der Waals surface area (Å²) in [5.74, 6) is -0.199. The lowest BCUT2D eigenvalue weighted by atomic mass is 9.92. The van der Waals surface area contributed by atoms with Gasteiger partial charge in [-0.1, -0.05) is 13.8 Å². The van der Waals surface area contributed by atoms with E-state index >= 15 is 0 Å². The third-order valence-electron chi connectivity index (χ3n) is 2.71. The predicted molar refractivity (Wildman–Crippen MR) is 58.3 cm³/mol. The molecule has 0 atom stereocenters. The van der Waals surface area contributed by atoms with Crippen molar-refractivity contribution in [3.05, 3.63) is 0 Å². The van der Waals surface area contributed by atoms with Crippen LogP contribution in [-0.2, 0) is 4.79 Å². The summed E-state index contributed by atoms with van der Waals surface area (Å²) in [5, 5.41) is 17.6. The van der Waals surface area contributed by atoms with Crippen LogP contribution in [-0.4, -0.2) is 52.9 Å². The Labute approximate surface area is 90.9 Å². The Morgan fingerprint density at radius 3 is 1.87 bits per heavy atom. The number of hydrogen-bond acceptors (Lipinski definition) is 4. The standard InChI is InChI=1S/C10H22N2O3/c1-3-10(11,4-2)9(15)12(5-7-13)6-8-14/h13-14H,3-8,11H2,1-2H3. The lowest BCUT2D eigenvalue weighted by molar-refractivity contribution is -0.138. The Morgan fingerprint density at radius 2 is 1.60 bits per heavy atom. The summed E-state index contributed by atoms with van der Waals surface area (Å²) in [7, 11) is 0. The molecule has 5 heteroatoms. The van der Waals surface area contributed by atoms with Crippen LogP contribution in [0.25, 0.3) is 0 Å². The van der Waals surface area contributed by atoms with Crippen molar-refractivity contribution in [1.82, 2.24) is 4.90 Å². The van der Waals surface area contributed by atoms with Gasteiger partial charge in [0.25, 0.3) is 0 Å². The topological polar surface area (TPSA) is 86.8 Å². The molecule has 0 unspecified atom stereocenters. The Kier molecular flexibility index (Phi) is 6.47. The van der Waals surface area contributed by atoms with Gasteiger partial charge in [-0.25, -0.2) is 0 Å². The first-order valence-corrected chi connectivity index (χ1v) is 5.35. The number of carbonyl (C=O) groups excluding carboxylic acids is 1. The van der Waals surface area contributed by atoms with Gasteiger partial charge in [0.1, 0.15) is 0 Å². The van der Waals surface area contributed by atoms with Gasteiger partial charge < -0.3 is 20.8 Å². The van der Waals surface area contributed by atoms with Crippen LogP contribution >= 0.6 is 0 Å². The average Bonchev–Trinajstić information content (AvgIpc) is 2.26. The Hall–Kier alpha value is -0.650. The third kappa shape index (κ3) is 3.77. The van der Waals surface area contributed by atoms with Gasteiger partial charge in [-0.3, -0.25) is 4.79 Å². The van der Waals surface area contributed by atoms with E-state index in [1.807, 2.05) is 13.8 Å². The molecular formula is C10H22N2O3. The highest BCUT2D eigenvalue weighted by atomic mass is 16.3. The van der Waals surface area contributed by atoms with Crippen LogP contribution in [0, 0.1) is 0 Å². The molecule has 4 N–H and O–H groups in total. The van der Waals surface area contributed by atoms with Gasteiger partial charge in [-0.05, 0) is 12.8 Å². The predicted octanol–water partition coefficient (Wildman–Crippen LogP) is -0.683. The summed E-state index contributed by atoms with van der Waals surface area (Å²) in [6.45, 7) is 3.93. The number of hydrogen-bond donors (Lipinski definition) is 3. The summed E-state index contributed by atoms with van der Waals surface area (Å²) >= 11 is 0. The molecule has 0 saturated carbocycles. The average molecular weight is 218 g/mol. The summed E-state index contributed by atoms with van der Waals surface area (Å²) in [6, 6.07) is 0. The second-order valence-electron chi connectivity index (χ2n) is 3.60. The summed E-state index contributed by atoms with van der Waals surface area (Å²) in [4.78, 5) is 13.4. The van der Waals surface area contributed by atoms with Crippen LogP contribution in [0.3, 0.4) is 0 Å². The van der Waals surface area contributed by atoms with E-state index in [0.29, 0.717) is 12.8 Å². The fourth-order valence-electron chi connectivity index (χ4n) is 1.42. The Bertz CT molecular complexity index is 187. The van der Waals surface area contributed by atoms with Crippen molar-refractivity contribution in [2.75, 3.05) is 26.3 Å². The number of carbonyl (C=O) groups is 1. The van der Waals surface area contributed by atoms with Crippen LogP contribution in [0.5, 0.6) is 0 Å². The minimum absolute atomic E-state index is 0.116. The molecule has 0 radical (unpaired) electrons. The molecule has 0 aliphatic rings. The minimum Gasteiger partial charge on any atom is -0.395 e. The molecule has 0 rings (SSSR count). The molecule has 5 nitrogen and oxygen atoms in total. The van der Waals surface area contributed by atoms with Crippen LogP contribution in [0.15, 0.2) is 0 Å². The van der Waals surface area contributed by atoms with Crippen molar-refractivity contribution in [2.24, 2.45) is 5.73 Å². The Balaban J connectivity index is 4.59. The van der Waals surface area contributed by atoms with Crippen molar-refractivity contribution in [2.45, 2.75) is 32.2 Å². The lowest BCUT2D eigenvalue weighted by Gasteiger charge is -2.32. The first kappa shape index (κ1) is 14.3. The molecule has 0 saturated heterocycles. The van der Waals surface area contributed by atoms with Gasteiger partial charge in [0, 0.05) is 13.1 Å². The zero-order valence-corrected chi connectivity index (χ0v) is 9.57. The maximum absolute atomic E-state index is 12.0. The third-order valence-corrected chi connectivity index (χ3v) is 2.71. The largest absolute Gasteiger partial charge is 0.395 e. The number of aliphatic hydroxyl groups excluding tert-OH is 2. The zero-order valence-electron chi connectivity index (χ0n) is 9.57. The minimum atomic E-state index is -0.871. The molecule has 0 heterocycles. The van der Waals surface area contributed by atoms with Gasteiger partial charge >= 0.3 is 0 Å². The van der Waals surface area contributed by atoms with Gasteiger partial charge in [0.15, 0.2) is 0 Å². The van der Waals surface area contributed by atoms with E-state index in [0.717, 1.165) is 0 Å². The van der Waals surface area contributed by atoms with Gasteiger partial charge in [0.2, 0.25) is 5.91 Å². The van der Waals surface area contributed by atoms with Crippen molar-refractivity contribution < 1.29 is 15.0 Å². The summed E-state index contributed by atoms with van der Waals surface area (Å²) < 4.78 is 0. The number of rotatable bonds is 7. The highest BCUT2D eigenvalue weighted by molar-refractivity contribution is 5.86. The highest BCUT2D eigenvalue weighted by Gasteiger charge is 2.33. The molecule has 0 fully saturated rings. The number of amides is 1. The first-order chi connectivity index (χ1) is 7.05. The van der Waals surface area contributed by atoms with E-state index in [2.05, 4.69) is 0 Å². The number of nitrogens with two attached hydrogens (primary N) is 1. The van der Waals surface area contributed by atoms with Crippen molar-refractivity contribution in [1.29, 1.82) is 0 Å². The lowest BCUT2D eigenvalue weighted by Crippen LogP contribution is -2.55. The van der Waals surface area contributed by atoms with Crippen LogP contribution in [0.2, 0.25) is 0 Å². The first-order valence-electron chi connectivity index (χ1n) is 5.35. The van der Waals surface area contributed by atoms with Crippen LogP contribution in [0.1, 0.15) is 26.7 Å². The van der Waals surface area contributed by atoms with Gasteiger partial charge in [-0.15, -0.1) is 0 Å². The number of aliphatic hydroxyl groups is 2. The fourth-order valence-corrected chi connectivity index (χ4v) is 1.42. The summed E-state index contributed by atoms with van der Waals surface area (Å²) in [6.07, 6.45) is 1.10. The molecule has 0 spiro atoms. The fraction of sp³-hybridized carbons (Fsp3) is 0.900. The van der Waals surface area contributed by atoms with E-state index in [1.165, 1.54) is 4.90 Å². The smallest absolute Gasteiger partial charge is 0.242 e. The van der Waals surface area contributed by atoms with E-state index < -0.39 is 5.54 Å². The zero-order chi connectivity index (χ0) is 11.9. The van der Waals surface area contributed by atoms with Crippen molar-refractivity contribution in [3.8, 4) is 0 Å². The van der Waals surface area contributed by atoms with Crippen LogP contribution in [0.4, 0.5) is 0 Å². The van der Waals surface area contributed by atoms with Crippen molar-refractivity contribution >= 4 is 5.91 Å². The molecule has 0 aliphatic carbocycles. The molecule has 90 valence electrons. The molecule has 0 aromatic rings. The molecule has 0 bridgehead atoms. The molecular weight excluding hydrogens is 196 g/mol. The second kappa shape index (κ2) is 6.76. The molecule has 15 heavy (non-hydrogen) atoms. The van der Waals surface area contributed by atoms with E-state index in [4.69, 9.17) is 15.9 Å². The van der Waals surface area contributed by atoms with Crippen LogP contribution < -0.4 is 5.73 Å². The van der Waals surface area contributed by atoms with Gasteiger partial charge in [0.05, 0.1) is 18.8 Å². The second-order valence-corrected chi connectivity index (χ2v) is 3.60.